The summed E-state index contributed by atoms with van der Waals surface area (Å²) in [6.45, 7) is 2.56. The Morgan fingerprint density at radius 2 is 1.76 bits per heavy atom. The van der Waals surface area contributed by atoms with Crippen molar-refractivity contribution < 1.29 is 18.8 Å². The molecule has 4 rings (SSSR count). The van der Waals surface area contributed by atoms with E-state index >= 15 is 0 Å². The fraction of sp³-hybridized carbons (Fsp3) is 0.348. The average molecular weight is 394 g/mol. The van der Waals surface area contributed by atoms with Crippen LogP contribution in [0.3, 0.4) is 0 Å². The van der Waals surface area contributed by atoms with Crippen LogP contribution in [0.15, 0.2) is 42.5 Å². The van der Waals surface area contributed by atoms with Gasteiger partial charge in [-0.3, -0.25) is 19.3 Å². The molecule has 29 heavy (non-hydrogen) atoms. The maximum absolute atomic E-state index is 13.1. The fourth-order valence-electron chi connectivity index (χ4n) is 3.73. The Kier molecular flexibility index (Phi) is 5.18. The number of fused-ring (bicyclic) bond motifs is 1. The number of rotatable bonds is 7. The molecule has 150 valence electrons. The van der Waals surface area contributed by atoms with Gasteiger partial charge in [0.15, 0.2) is 0 Å². The van der Waals surface area contributed by atoms with Gasteiger partial charge < -0.3 is 4.90 Å². The van der Waals surface area contributed by atoms with Gasteiger partial charge in [-0.2, -0.15) is 0 Å². The summed E-state index contributed by atoms with van der Waals surface area (Å²) in [6, 6.07) is 11.7. The zero-order valence-corrected chi connectivity index (χ0v) is 16.4. The largest absolute Gasteiger partial charge is 0.335 e. The number of carbonyl (C=O) groups is 3. The van der Waals surface area contributed by atoms with Crippen molar-refractivity contribution in [2.75, 3.05) is 6.54 Å². The van der Waals surface area contributed by atoms with E-state index in [0.717, 1.165) is 24.0 Å². The Balaban J connectivity index is 1.35. The molecule has 0 aromatic heterocycles. The monoisotopic (exact) mass is 394 g/mol. The van der Waals surface area contributed by atoms with Gasteiger partial charge in [0.05, 0.1) is 11.1 Å². The average Bonchev–Trinajstić information content (AvgIpc) is 3.51. The quantitative estimate of drug-likeness (QED) is 0.673. The van der Waals surface area contributed by atoms with Gasteiger partial charge in [-0.15, -0.1) is 0 Å². The second-order valence-electron chi connectivity index (χ2n) is 7.79. The minimum absolute atomic E-state index is 0.00396. The molecule has 0 unspecified atom stereocenters. The number of benzene rings is 2. The van der Waals surface area contributed by atoms with Crippen LogP contribution in [0.4, 0.5) is 4.39 Å². The van der Waals surface area contributed by atoms with Crippen molar-refractivity contribution in [3.63, 3.8) is 0 Å². The van der Waals surface area contributed by atoms with Crippen LogP contribution in [0.2, 0.25) is 0 Å². The molecule has 2 aromatic rings. The van der Waals surface area contributed by atoms with Gasteiger partial charge in [-0.1, -0.05) is 23.8 Å². The Morgan fingerprint density at radius 3 is 2.45 bits per heavy atom. The van der Waals surface area contributed by atoms with E-state index in [1.807, 2.05) is 17.9 Å². The second-order valence-corrected chi connectivity index (χ2v) is 7.79. The molecule has 1 aliphatic carbocycles. The molecule has 0 spiro atoms. The predicted octanol–water partition coefficient (Wildman–Crippen LogP) is 3.70. The number of hydrogen-bond acceptors (Lipinski definition) is 3. The van der Waals surface area contributed by atoms with Crippen LogP contribution < -0.4 is 0 Å². The molecule has 5 nitrogen and oxygen atoms in total. The highest BCUT2D eigenvalue weighted by atomic mass is 19.1. The second kappa shape index (κ2) is 7.78. The number of halogens is 1. The molecule has 1 fully saturated rings. The Bertz CT molecular complexity index is 967. The van der Waals surface area contributed by atoms with Gasteiger partial charge in [-0.05, 0) is 56.0 Å². The Hall–Kier alpha value is -3.02. The lowest BCUT2D eigenvalue weighted by atomic mass is 10.1. The van der Waals surface area contributed by atoms with E-state index in [0.29, 0.717) is 24.1 Å². The number of aryl methyl sites for hydroxylation is 1. The summed E-state index contributed by atoms with van der Waals surface area (Å²) in [5, 5.41) is 0. The molecular formula is C23H23FN2O3. The van der Waals surface area contributed by atoms with Crippen molar-refractivity contribution in [2.45, 2.75) is 45.2 Å². The molecule has 0 atom stereocenters. The number of imide groups is 1. The van der Waals surface area contributed by atoms with E-state index in [2.05, 4.69) is 0 Å². The first-order valence-electron chi connectivity index (χ1n) is 9.95. The van der Waals surface area contributed by atoms with E-state index in [1.165, 1.54) is 17.0 Å². The SMILES string of the molecule is Cc1ccc2c(c1)C(=O)N(CCCC(=O)N(Cc1ccc(F)cc1)C1CC1)C2=O. The van der Waals surface area contributed by atoms with Crippen LogP contribution in [-0.2, 0) is 11.3 Å². The van der Waals surface area contributed by atoms with Gasteiger partial charge in [0.1, 0.15) is 5.82 Å². The molecule has 0 bridgehead atoms. The lowest BCUT2D eigenvalue weighted by Gasteiger charge is -2.23. The maximum Gasteiger partial charge on any atom is 0.261 e. The highest BCUT2D eigenvalue weighted by molar-refractivity contribution is 6.21. The van der Waals surface area contributed by atoms with E-state index in [1.54, 1.807) is 24.3 Å². The number of hydrogen-bond donors (Lipinski definition) is 0. The van der Waals surface area contributed by atoms with Gasteiger partial charge in [0.25, 0.3) is 11.8 Å². The molecule has 1 heterocycles. The highest BCUT2D eigenvalue weighted by Gasteiger charge is 2.36. The van der Waals surface area contributed by atoms with Crippen molar-refractivity contribution in [1.29, 1.82) is 0 Å². The molecule has 1 saturated carbocycles. The van der Waals surface area contributed by atoms with Crippen molar-refractivity contribution in [3.8, 4) is 0 Å². The minimum atomic E-state index is -0.297. The standard InChI is InChI=1S/C23H23FN2O3/c1-15-4-11-19-20(13-15)23(29)25(22(19)28)12-2-3-21(27)26(18-9-10-18)14-16-5-7-17(24)8-6-16/h4-8,11,13,18H,2-3,9-10,12,14H2,1H3. The van der Waals surface area contributed by atoms with Crippen LogP contribution in [0.5, 0.6) is 0 Å². The minimum Gasteiger partial charge on any atom is -0.335 e. The topological polar surface area (TPSA) is 57.7 Å². The normalized spacial score (nSPS) is 15.6. The van der Waals surface area contributed by atoms with E-state index in [9.17, 15) is 18.8 Å². The fourth-order valence-corrected chi connectivity index (χ4v) is 3.73. The third kappa shape index (κ3) is 4.06. The molecular weight excluding hydrogens is 371 g/mol. The smallest absolute Gasteiger partial charge is 0.261 e. The summed E-state index contributed by atoms with van der Waals surface area (Å²) in [7, 11) is 0. The van der Waals surface area contributed by atoms with Crippen LogP contribution in [0.25, 0.3) is 0 Å². The first-order valence-corrected chi connectivity index (χ1v) is 9.95. The summed E-state index contributed by atoms with van der Waals surface area (Å²) in [6.07, 6.45) is 2.65. The zero-order chi connectivity index (χ0) is 20.5. The third-order valence-electron chi connectivity index (χ3n) is 5.47. The summed E-state index contributed by atoms with van der Waals surface area (Å²) >= 11 is 0. The van der Waals surface area contributed by atoms with E-state index in [4.69, 9.17) is 0 Å². The number of carbonyl (C=O) groups excluding carboxylic acids is 3. The van der Waals surface area contributed by atoms with Gasteiger partial charge >= 0.3 is 0 Å². The van der Waals surface area contributed by atoms with Crippen molar-refractivity contribution >= 4 is 17.7 Å². The first kappa shape index (κ1) is 19.3. The van der Waals surface area contributed by atoms with Gasteiger partial charge in [0, 0.05) is 25.6 Å². The molecule has 2 aromatic carbocycles. The van der Waals surface area contributed by atoms with E-state index in [-0.39, 0.29) is 42.5 Å². The van der Waals surface area contributed by atoms with Crippen molar-refractivity contribution in [1.82, 2.24) is 9.80 Å². The molecule has 0 radical (unpaired) electrons. The van der Waals surface area contributed by atoms with Crippen LogP contribution in [0, 0.1) is 12.7 Å². The predicted molar refractivity (Wildman–Crippen MR) is 106 cm³/mol. The van der Waals surface area contributed by atoms with Crippen molar-refractivity contribution in [2.24, 2.45) is 0 Å². The van der Waals surface area contributed by atoms with Crippen molar-refractivity contribution in [3.05, 3.63) is 70.5 Å². The lowest BCUT2D eigenvalue weighted by molar-refractivity contribution is -0.132. The van der Waals surface area contributed by atoms with Crippen LogP contribution in [-0.4, -0.2) is 40.1 Å². The van der Waals surface area contributed by atoms with Crippen LogP contribution in [0.1, 0.15) is 57.5 Å². The first-order chi connectivity index (χ1) is 13.9. The van der Waals surface area contributed by atoms with Gasteiger partial charge in [-0.25, -0.2) is 4.39 Å². The molecule has 6 heteroatoms. The molecule has 0 saturated heterocycles. The molecule has 3 amide bonds. The highest BCUT2D eigenvalue weighted by Crippen LogP contribution is 2.29. The number of amides is 3. The van der Waals surface area contributed by atoms with E-state index < -0.39 is 0 Å². The molecule has 1 aliphatic heterocycles. The lowest BCUT2D eigenvalue weighted by Crippen LogP contribution is -2.34. The molecule has 0 N–H and O–H groups in total. The van der Waals surface area contributed by atoms with Gasteiger partial charge in [0.2, 0.25) is 5.91 Å². The summed E-state index contributed by atoms with van der Waals surface area (Å²) in [4.78, 5) is 40.9. The Labute approximate surface area is 169 Å². The maximum atomic E-state index is 13.1. The molecule has 2 aliphatic rings. The summed E-state index contributed by atoms with van der Waals surface area (Å²) in [5.74, 6) is -0.868. The number of nitrogens with zero attached hydrogens (tertiary/aromatic N) is 2. The third-order valence-corrected chi connectivity index (χ3v) is 5.47. The van der Waals surface area contributed by atoms with Crippen LogP contribution >= 0.6 is 0 Å². The zero-order valence-electron chi connectivity index (χ0n) is 16.4. The summed E-state index contributed by atoms with van der Waals surface area (Å²) < 4.78 is 13.1. The Morgan fingerprint density at radius 1 is 1.07 bits per heavy atom. The summed E-state index contributed by atoms with van der Waals surface area (Å²) in [5.41, 5.74) is 2.70.